The number of halogens is 2. The normalized spacial score (nSPS) is 15.8. The molecule has 1 aliphatic carbocycles. The zero-order valence-corrected chi connectivity index (χ0v) is 25.3. The zero-order chi connectivity index (χ0) is 30.0. The molecule has 0 fully saturated rings. The highest BCUT2D eigenvalue weighted by Gasteiger charge is 2.25. The Balaban J connectivity index is 1.52. The first-order chi connectivity index (χ1) is 20.1. The lowest BCUT2D eigenvalue weighted by Crippen LogP contribution is -2.32. The number of sulfonamides is 1. The Labute approximate surface area is 250 Å². The van der Waals surface area contributed by atoms with E-state index < -0.39 is 15.8 Å². The van der Waals surface area contributed by atoms with Gasteiger partial charge in [0.1, 0.15) is 22.2 Å². The summed E-state index contributed by atoms with van der Waals surface area (Å²) in [4.78, 5) is 4.36. The van der Waals surface area contributed by atoms with E-state index in [1.54, 1.807) is 31.5 Å². The largest absolute Gasteiger partial charge is 0.383 e. The van der Waals surface area contributed by atoms with Gasteiger partial charge in [0.25, 0.3) is 10.0 Å². The Hall–Kier alpha value is -3.51. The summed E-state index contributed by atoms with van der Waals surface area (Å²) in [7, 11) is -2.42. The van der Waals surface area contributed by atoms with Gasteiger partial charge in [-0.15, -0.1) is 0 Å². The van der Waals surface area contributed by atoms with Gasteiger partial charge in [-0.3, -0.25) is 9.40 Å². The fourth-order valence-electron chi connectivity index (χ4n) is 5.24. The summed E-state index contributed by atoms with van der Waals surface area (Å²) in [5, 5.41) is 9.06. The van der Waals surface area contributed by atoms with Gasteiger partial charge in [0, 0.05) is 43.1 Å². The molecule has 1 aliphatic rings. The van der Waals surface area contributed by atoms with E-state index in [2.05, 4.69) is 21.1 Å². The number of aromatic nitrogens is 3. The van der Waals surface area contributed by atoms with Crippen LogP contribution in [0.25, 0.3) is 27.7 Å². The molecule has 4 aromatic rings. The third kappa shape index (κ3) is 6.00. The fraction of sp³-hybridized carbons (Fsp3) is 0.333. The van der Waals surface area contributed by atoms with Crippen molar-refractivity contribution in [1.82, 2.24) is 20.1 Å². The molecule has 0 aliphatic heterocycles. The molecule has 0 saturated heterocycles. The van der Waals surface area contributed by atoms with Crippen LogP contribution >= 0.6 is 11.6 Å². The van der Waals surface area contributed by atoms with E-state index in [9.17, 15) is 8.42 Å². The summed E-state index contributed by atoms with van der Waals surface area (Å²) in [6, 6.07) is 10.6. The zero-order valence-electron chi connectivity index (χ0n) is 23.7. The van der Waals surface area contributed by atoms with E-state index in [0.29, 0.717) is 29.3 Å². The molecule has 12 heteroatoms. The van der Waals surface area contributed by atoms with Crippen molar-refractivity contribution in [3.05, 3.63) is 71.1 Å². The van der Waals surface area contributed by atoms with Crippen molar-refractivity contribution in [3.8, 4) is 11.3 Å². The molecule has 0 saturated carbocycles. The molecule has 222 valence electrons. The van der Waals surface area contributed by atoms with Gasteiger partial charge < -0.3 is 15.8 Å². The number of allylic oxidation sites excluding steroid dienone is 1. The van der Waals surface area contributed by atoms with Crippen LogP contribution < -0.4 is 15.8 Å². The van der Waals surface area contributed by atoms with Crippen molar-refractivity contribution in [3.63, 3.8) is 0 Å². The van der Waals surface area contributed by atoms with Crippen molar-refractivity contribution in [2.45, 2.75) is 50.1 Å². The Morgan fingerprint density at radius 3 is 2.69 bits per heavy atom. The maximum Gasteiger partial charge on any atom is 0.263 e. The van der Waals surface area contributed by atoms with Crippen LogP contribution in [0.4, 0.5) is 15.9 Å². The van der Waals surface area contributed by atoms with Crippen LogP contribution in [0, 0.1) is 5.82 Å². The molecule has 0 radical (unpaired) electrons. The number of fused-ring (bicyclic) bond motifs is 1. The highest BCUT2D eigenvalue weighted by molar-refractivity contribution is 7.92. The number of nitrogens with zero attached hydrogens (tertiary/aromatic N) is 3. The van der Waals surface area contributed by atoms with Crippen LogP contribution in [0.5, 0.6) is 0 Å². The second-order valence-corrected chi connectivity index (χ2v) is 12.6. The number of rotatable bonds is 10. The van der Waals surface area contributed by atoms with Gasteiger partial charge in [-0.1, -0.05) is 35.9 Å². The second-order valence-electron chi connectivity index (χ2n) is 10.5. The lowest BCUT2D eigenvalue weighted by atomic mass is 9.90. The highest BCUT2D eigenvalue weighted by Crippen LogP contribution is 2.40. The van der Waals surface area contributed by atoms with Crippen molar-refractivity contribution in [1.29, 1.82) is 0 Å². The Morgan fingerprint density at radius 2 is 2.02 bits per heavy atom. The van der Waals surface area contributed by atoms with E-state index in [1.807, 2.05) is 18.5 Å². The smallest absolute Gasteiger partial charge is 0.263 e. The van der Waals surface area contributed by atoms with Gasteiger partial charge in [0.05, 0.1) is 28.2 Å². The maximum atomic E-state index is 15.4. The maximum absolute atomic E-state index is 15.4. The number of hydrogen-bond donors (Lipinski definition) is 3. The molecular formula is C30H34ClFN6O3S. The first-order valence-electron chi connectivity index (χ1n) is 13.8. The number of methoxy groups -OCH3 is 1. The molecule has 9 nitrogen and oxygen atoms in total. The average molecular weight is 613 g/mol. The molecule has 2 aromatic heterocycles. The standard InChI is InChI=1S/C30H34ClFN6O3S/c1-18(2)38-29-22(19-8-11-21(12-9-19)34-14-15-41-3)17-35-30(33)27(29)28(36-38)20-10-13-25(24(32)16-20)37-42(39,40)26-7-5-4-6-23(26)31/h4-8,10,13,16-18,21,34,37H,9,11-12,14-15H2,1-3H3,(H2,33,35). The van der Waals surface area contributed by atoms with E-state index in [-0.39, 0.29) is 27.5 Å². The predicted molar refractivity (Wildman–Crippen MR) is 165 cm³/mol. The van der Waals surface area contributed by atoms with Crippen LogP contribution in [0.3, 0.4) is 0 Å². The third-order valence-corrected chi connectivity index (χ3v) is 9.22. The molecule has 0 spiro atoms. The van der Waals surface area contributed by atoms with Crippen LogP contribution in [0.15, 0.2) is 59.6 Å². The van der Waals surface area contributed by atoms with Crippen LogP contribution in [0.1, 0.15) is 44.7 Å². The summed E-state index contributed by atoms with van der Waals surface area (Å²) in [5.74, 6) is -0.477. The number of anilines is 2. The lowest BCUT2D eigenvalue weighted by Gasteiger charge is -2.24. The molecular weight excluding hydrogens is 579 g/mol. The molecule has 4 N–H and O–H groups in total. The lowest BCUT2D eigenvalue weighted by molar-refractivity contribution is 0.195. The number of nitrogen functional groups attached to an aromatic ring is 1. The molecule has 2 aromatic carbocycles. The summed E-state index contributed by atoms with van der Waals surface area (Å²) < 4.78 is 50.5. The monoisotopic (exact) mass is 612 g/mol. The van der Waals surface area contributed by atoms with Gasteiger partial charge in [-0.2, -0.15) is 5.10 Å². The molecule has 42 heavy (non-hydrogen) atoms. The number of benzene rings is 2. The topological polar surface area (TPSA) is 124 Å². The summed E-state index contributed by atoms with van der Waals surface area (Å²) in [6.45, 7) is 5.52. The Morgan fingerprint density at radius 1 is 1.24 bits per heavy atom. The van der Waals surface area contributed by atoms with Crippen molar-refractivity contribution < 1.29 is 17.5 Å². The SMILES string of the molecule is COCCNC1CC=C(c2cnc(N)c3c(-c4ccc(NS(=O)(=O)c5ccccc5Cl)c(F)c4)nn(C(C)C)c23)CC1. The average Bonchev–Trinajstić information content (AvgIpc) is 3.37. The van der Waals surface area contributed by atoms with Gasteiger partial charge in [0.2, 0.25) is 0 Å². The minimum Gasteiger partial charge on any atom is -0.383 e. The van der Waals surface area contributed by atoms with Crippen molar-refractivity contribution in [2.75, 3.05) is 30.7 Å². The number of pyridine rings is 1. The molecule has 1 unspecified atom stereocenters. The van der Waals surface area contributed by atoms with E-state index in [4.69, 9.17) is 27.2 Å². The number of nitrogens with two attached hydrogens (primary N) is 1. The van der Waals surface area contributed by atoms with E-state index in [0.717, 1.165) is 36.9 Å². The van der Waals surface area contributed by atoms with Gasteiger partial charge >= 0.3 is 0 Å². The molecule has 0 amide bonds. The third-order valence-electron chi connectivity index (χ3n) is 7.35. The number of nitrogens with one attached hydrogen (secondary N) is 2. The van der Waals surface area contributed by atoms with Gasteiger partial charge in [0.15, 0.2) is 0 Å². The van der Waals surface area contributed by atoms with Gasteiger partial charge in [-0.25, -0.2) is 17.8 Å². The predicted octanol–water partition coefficient (Wildman–Crippen LogP) is 6.03. The molecule has 2 heterocycles. The summed E-state index contributed by atoms with van der Waals surface area (Å²) in [5.41, 5.74) is 10.1. The minimum absolute atomic E-state index is 0.0130. The van der Waals surface area contributed by atoms with E-state index in [1.165, 1.54) is 29.8 Å². The Kier molecular flexibility index (Phi) is 8.84. The summed E-state index contributed by atoms with van der Waals surface area (Å²) >= 11 is 6.07. The minimum atomic E-state index is -4.11. The van der Waals surface area contributed by atoms with Crippen LogP contribution in [-0.2, 0) is 14.8 Å². The van der Waals surface area contributed by atoms with Crippen LogP contribution in [0.2, 0.25) is 5.02 Å². The van der Waals surface area contributed by atoms with Crippen molar-refractivity contribution >= 4 is 49.6 Å². The first kappa shape index (κ1) is 30.0. The Bertz CT molecular complexity index is 1760. The molecule has 5 rings (SSSR count). The number of hydrogen-bond acceptors (Lipinski definition) is 7. The summed E-state index contributed by atoms with van der Waals surface area (Å²) in [6.07, 6.45) is 6.74. The quantitative estimate of drug-likeness (QED) is 0.187. The highest BCUT2D eigenvalue weighted by atomic mass is 35.5. The van der Waals surface area contributed by atoms with Crippen molar-refractivity contribution in [2.24, 2.45) is 0 Å². The van der Waals surface area contributed by atoms with Crippen LogP contribution in [-0.4, -0.2) is 49.5 Å². The van der Waals surface area contributed by atoms with Gasteiger partial charge in [-0.05, 0) is 62.9 Å². The fourth-order valence-corrected chi connectivity index (χ4v) is 6.83. The second kappa shape index (κ2) is 12.4. The molecule has 1 atom stereocenters. The first-order valence-corrected chi connectivity index (χ1v) is 15.6. The number of ether oxygens (including phenoxy) is 1. The molecule has 0 bridgehead atoms. The van der Waals surface area contributed by atoms with E-state index >= 15 is 4.39 Å².